The predicted octanol–water partition coefficient (Wildman–Crippen LogP) is 1.62. The van der Waals surface area contributed by atoms with E-state index in [-0.39, 0.29) is 4.90 Å². The van der Waals surface area contributed by atoms with Crippen LogP contribution in [0, 0.1) is 0 Å². The SMILES string of the molecule is COc1ccc(S(=O)(=O)n2cc3c(n2)CCC3)cc1. The maximum atomic E-state index is 12.4. The molecule has 0 aliphatic heterocycles. The quantitative estimate of drug-likeness (QED) is 0.856. The molecule has 100 valence electrons. The summed E-state index contributed by atoms with van der Waals surface area (Å²) >= 11 is 0. The molecule has 1 aromatic carbocycles. The Balaban J connectivity index is 2.01. The van der Waals surface area contributed by atoms with Gasteiger partial charge in [0.1, 0.15) is 5.75 Å². The van der Waals surface area contributed by atoms with E-state index < -0.39 is 10.0 Å². The number of rotatable bonds is 3. The smallest absolute Gasteiger partial charge is 0.282 e. The van der Waals surface area contributed by atoms with Gasteiger partial charge >= 0.3 is 0 Å². The van der Waals surface area contributed by atoms with Crippen molar-refractivity contribution in [3.05, 3.63) is 41.7 Å². The standard InChI is InChI=1S/C13H14N2O3S/c1-18-11-5-7-12(8-6-11)19(16,17)15-9-10-3-2-4-13(10)14-15/h5-9H,2-4H2,1H3. The molecule has 5 nitrogen and oxygen atoms in total. The summed E-state index contributed by atoms with van der Waals surface area (Å²) in [4.78, 5) is 0.217. The summed E-state index contributed by atoms with van der Waals surface area (Å²) in [5.74, 6) is 0.627. The third kappa shape index (κ3) is 2.02. The topological polar surface area (TPSA) is 61.2 Å². The molecule has 0 saturated carbocycles. The molecule has 0 radical (unpaired) electrons. The normalized spacial score (nSPS) is 14.4. The van der Waals surface area contributed by atoms with Crippen molar-refractivity contribution in [1.82, 2.24) is 9.19 Å². The molecule has 3 rings (SSSR count). The Hall–Kier alpha value is -1.82. The van der Waals surface area contributed by atoms with Crippen LogP contribution in [-0.2, 0) is 22.9 Å². The molecule has 19 heavy (non-hydrogen) atoms. The molecule has 0 saturated heterocycles. The Morgan fingerprint density at radius 1 is 1.21 bits per heavy atom. The second-order valence-electron chi connectivity index (χ2n) is 4.51. The number of nitrogens with zero attached hydrogens (tertiary/aromatic N) is 2. The van der Waals surface area contributed by atoms with Gasteiger partial charge in [0, 0.05) is 6.20 Å². The average Bonchev–Trinajstić information content (AvgIpc) is 2.99. The van der Waals surface area contributed by atoms with Crippen LogP contribution in [-0.4, -0.2) is 24.7 Å². The van der Waals surface area contributed by atoms with E-state index >= 15 is 0 Å². The van der Waals surface area contributed by atoms with Gasteiger partial charge in [-0.1, -0.05) is 0 Å². The number of methoxy groups -OCH3 is 1. The number of hydrogen-bond acceptors (Lipinski definition) is 4. The lowest BCUT2D eigenvalue weighted by Crippen LogP contribution is -2.14. The minimum atomic E-state index is -3.59. The first kappa shape index (κ1) is 12.2. The van der Waals surface area contributed by atoms with E-state index in [2.05, 4.69) is 5.10 Å². The summed E-state index contributed by atoms with van der Waals surface area (Å²) < 4.78 is 30.9. The third-order valence-corrected chi connectivity index (χ3v) is 4.87. The highest BCUT2D eigenvalue weighted by Crippen LogP contribution is 2.23. The molecular formula is C13H14N2O3S. The monoisotopic (exact) mass is 278 g/mol. The molecular weight excluding hydrogens is 264 g/mol. The lowest BCUT2D eigenvalue weighted by Gasteiger charge is -2.05. The maximum Gasteiger partial charge on any atom is 0.282 e. The number of aryl methyl sites for hydroxylation is 2. The predicted molar refractivity (Wildman–Crippen MR) is 69.8 cm³/mol. The van der Waals surface area contributed by atoms with E-state index in [1.807, 2.05) is 0 Å². The molecule has 0 fully saturated rings. The molecule has 1 heterocycles. The van der Waals surface area contributed by atoms with Crippen LogP contribution in [0.3, 0.4) is 0 Å². The van der Waals surface area contributed by atoms with Crippen molar-refractivity contribution in [3.8, 4) is 5.75 Å². The summed E-state index contributed by atoms with van der Waals surface area (Å²) in [7, 11) is -2.05. The fourth-order valence-corrected chi connectivity index (χ4v) is 3.43. The van der Waals surface area contributed by atoms with Gasteiger partial charge in [0.2, 0.25) is 0 Å². The maximum absolute atomic E-state index is 12.4. The van der Waals surface area contributed by atoms with Gasteiger partial charge in [-0.15, -0.1) is 0 Å². The van der Waals surface area contributed by atoms with Gasteiger partial charge in [-0.3, -0.25) is 0 Å². The summed E-state index contributed by atoms with van der Waals surface area (Å²) in [6.45, 7) is 0. The van der Waals surface area contributed by atoms with Crippen LogP contribution in [0.4, 0.5) is 0 Å². The molecule has 0 N–H and O–H groups in total. The first-order valence-electron chi connectivity index (χ1n) is 6.08. The number of ether oxygens (including phenoxy) is 1. The van der Waals surface area contributed by atoms with E-state index in [1.54, 1.807) is 25.4 Å². The summed E-state index contributed by atoms with van der Waals surface area (Å²) in [6.07, 6.45) is 4.46. The van der Waals surface area contributed by atoms with E-state index in [1.165, 1.54) is 12.1 Å². The van der Waals surface area contributed by atoms with Gasteiger partial charge in [0.15, 0.2) is 0 Å². The second kappa shape index (κ2) is 4.38. The van der Waals surface area contributed by atoms with E-state index in [0.717, 1.165) is 34.6 Å². The first-order chi connectivity index (χ1) is 9.11. The number of hydrogen-bond donors (Lipinski definition) is 0. The molecule has 0 atom stereocenters. The van der Waals surface area contributed by atoms with Crippen LogP contribution < -0.4 is 4.74 Å². The lowest BCUT2D eigenvalue weighted by atomic mass is 10.3. The highest BCUT2D eigenvalue weighted by molar-refractivity contribution is 7.89. The van der Waals surface area contributed by atoms with Crippen molar-refractivity contribution < 1.29 is 13.2 Å². The fourth-order valence-electron chi connectivity index (χ4n) is 2.26. The highest BCUT2D eigenvalue weighted by atomic mass is 32.2. The van der Waals surface area contributed by atoms with Gasteiger partial charge in [-0.25, -0.2) is 0 Å². The molecule has 0 spiro atoms. The minimum Gasteiger partial charge on any atom is -0.497 e. The number of fused-ring (bicyclic) bond motifs is 1. The second-order valence-corrected chi connectivity index (χ2v) is 6.30. The van der Waals surface area contributed by atoms with Gasteiger partial charge in [0.05, 0.1) is 17.7 Å². The Bertz CT molecular complexity index is 680. The van der Waals surface area contributed by atoms with Crippen molar-refractivity contribution in [2.75, 3.05) is 7.11 Å². The van der Waals surface area contributed by atoms with Crippen LogP contribution in [0.1, 0.15) is 17.7 Å². The summed E-state index contributed by atoms with van der Waals surface area (Å²) in [5, 5.41) is 4.18. The van der Waals surface area contributed by atoms with Gasteiger partial charge in [-0.2, -0.15) is 17.6 Å². The van der Waals surface area contributed by atoms with Gasteiger partial charge in [0.25, 0.3) is 10.0 Å². The molecule has 1 aliphatic carbocycles. The zero-order valence-corrected chi connectivity index (χ0v) is 11.4. The van der Waals surface area contributed by atoms with Crippen molar-refractivity contribution in [3.63, 3.8) is 0 Å². The molecule has 0 amide bonds. The molecule has 0 unspecified atom stereocenters. The molecule has 2 aromatic rings. The van der Waals surface area contributed by atoms with Gasteiger partial charge in [-0.05, 0) is 49.1 Å². The first-order valence-corrected chi connectivity index (χ1v) is 7.52. The van der Waals surface area contributed by atoms with Gasteiger partial charge < -0.3 is 4.74 Å². The largest absolute Gasteiger partial charge is 0.497 e. The summed E-state index contributed by atoms with van der Waals surface area (Å²) in [5.41, 5.74) is 1.94. The van der Waals surface area contributed by atoms with E-state index in [4.69, 9.17) is 4.74 Å². The zero-order valence-electron chi connectivity index (χ0n) is 10.5. The number of aromatic nitrogens is 2. The average molecular weight is 278 g/mol. The van der Waals surface area contributed by atoms with E-state index in [0.29, 0.717) is 5.75 Å². The van der Waals surface area contributed by atoms with Crippen molar-refractivity contribution in [2.24, 2.45) is 0 Å². The highest BCUT2D eigenvalue weighted by Gasteiger charge is 2.23. The Morgan fingerprint density at radius 2 is 1.95 bits per heavy atom. The Labute approximate surface area is 111 Å². The molecule has 0 bridgehead atoms. The zero-order chi connectivity index (χ0) is 13.5. The van der Waals surface area contributed by atoms with Crippen LogP contribution in [0.15, 0.2) is 35.4 Å². The Kier molecular flexibility index (Phi) is 2.82. The molecule has 6 heteroatoms. The fraction of sp³-hybridized carbons (Fsp3) is 0.308. The van der Waals surface area contributed by atoms with Crippen LogP contribution in [0.2, 0.25) is 0 Å². The van der Waals surface area contributed by atoms with Crippen LogP contribution in [0.25, 0.3) is 0 Å². The van der Waals surface area contributed by atoms with Crippen molar-refractivity contribution in [2.45, 2.75) is 24.2 Å². The number of benzene rings is 1. The van der Waals surface area contributed by atoms with Crippen LogP contribution >= 0.6 is 0 Å². The Morgan fingerprint density at radius 3 is 2.58 bits per heavy atom. The third-order valence-electron chi connectivity index (χ3n) is 3.32. The van der Waals surface area contributed by atoms with Crippen molar-refractivity contribution in [1.29, 1.82) is 0 Å². The lowest BCUT2D eigenvalue weighted by molar-refractivity contribution is 0.414. The summed E-state index contributed by atoms with van der Waals surface area (Å²) in [6, 6.07) is 6.32. The molecule has 1 aliphatic rings. The van der Waals surface area contributed by atoms with E-state index in [9.17, 15) is 8.42 Å². The minimum absolute atomic E-state index is 0.217. The van der Waals surface area contributed by atoms with Crippen molar-refractivity contribution >= 4 is 10.0 Å². The van der Waals surface area contributed by atoms with Crippen LogP contribution in [0.5, 0.6) is 5.75 Å². The molecule has 1 aromatic heterocycles.